The lowest BCUT2D eigenvalue weighted by Crippen LogP contribution is -2.01. The number of halogens is 2. The summed E-state index contributed by atoms with van der Waals surface area (Å²) in [6, 6.07) is 0. The fourth-order valence-corrected chi connectivity index (χ4v) is 1.22. The summed E-state index contributed by atoms with van der Waals surface area (Å²) in [6.45, 7) is 8.15. The molecule has 12 heavy (non-hydrogen) atoms. The normalized spacial score (nSPS) is 8.92. The van der Waals surface area contributed by atoms with Crippen molar-refractivity contribution >= 4 is 29.2 Å². The van der Waals surface area contributed by atoms with Crippen LogP contribution in [0.3, 0.4) is 0 Å². The standard InChI is InChI=1S/C8H8Cl2O2/c1-4(8(11)12)7(5(2)9)6(3)10/h2-3H2,1H3,(H,11,12). The first-order chi connectivity index (χ1) is 5.37. The van der Waals surface area contributed by atoms with Gasteiger partial charge in [0.05, 0.1) is 0 Å². The first kappa shape index (κ1) is 11.3. The molecule has 1 N–H and O–H groups in total. The Morgan fingerprint density at radius 1 is 1.25 bits per heavy atom. The van der Waals surface area contributed by atoms with Gasteiger partial charge in [0.1, 0.15) is 0 Å². The summed E-state index contributed by atoms with van der Waals surface area (Å²) in [5, 5.41) is 8.75. The zero-order valence-corrected chi connectivity index (χ0v) is 8.04. The zero-order chi connectivity index (χ0) is 9.89. The molecule has 0 aliphatic carbocycles. The maximum absolute atomic E-state index is 10.5. The molecule has 0 aromatic rings. The minimum absolute atomic E-state index is 0.0370. The van der Waals surface area contributed by atoms with Crippen molar-refractivity contribution in [1.82, 2.24) is 0 Å². The second kappa shape index (κ2) is 4.33. The molecule has 0 spiro atoms. The molecule has 0 aliphatic rings. The number of carboxylic acid groups (broad SMARTS) is 1. The number of carbonyl (C=O) groups is 1. The van der Waals surface area contributed by atoms with Crippen LogP contribution in [-0.4, -0.2) is 11.1 Å². The van der Waals surface area contributed by atoms with Crippen LogP contribution in [0.25, 0.3) is 0 Å². The monoisotopic (exact) mass is 206 g/mol. The molecule has 0 fully saturated rings. The number of hydrogen-bond acceptors (Lipinski definition) is 1. The van der Waals surface area contributed by atoms with Crippen molar-refractivity contribution < 1.29 is 9.90 Å². The van der Waals surface area contributed by atoms with Gasteiger partial charge < -0.3 is 5.11 Å². The van der Waals surface area contributed by atoms with Crippen molar-refractivity contribution in [2.75, 3.05) is 0 Å². The topological polar surface area (TPSA) is 37.3 Å². The summed E-state index contributed by atoms with van der Waals surface area (Å²) >= 11 is 11.0. The lowest BCUT2D eigenvalue weighted by atomic mass is 10.1. The van der Waals surface area contributed by atoms with Gasteiger partial charge in [-0.15, -0.1) is 0 Å². The van der Waals surface area contributed by atoms with E-state index in [0.29, 0.717) is 0 Å². The molecule has 66 valence electrons. The van der Waals surface area contributed by atoms with Crippen LogP contribution in [-0.2, 0) is 4.79 Å². The van der Waals surface area contributed by atoms with Gasteiger partial charge in [-0.05, 0) is 6.92 Å². The highest BCUT2D eigenvalue weighted by Crippen LogP contribution is 2.26. The number of allylic oxidation sites excluding steroid dienone is 3. The fourth-order valence-electron chi connectivity index (χ4n) is 0.661. The Morgan fingerprint density at radius 2 is 1.58 bits per heavy atom. The second-order valence-electron chi connectivity index (χ2n) is 2.11. The molecule has 0 rings (SSSR count). The molecule has 0 bridgehead atoms. The van der Waals surface area contributed by atoms with Crippen LogP contribution in [0.2, 0.25) is 0 Å². The highest BCUT2D eigenvalue weighted by Gasteiger charge is 2.12. The summed E-state index contributed by atoms with van der Waals surface area (Å²) < 4.78 is 0. The van der Waals surface area contributed by atoms with Gasteiger partial charge in [-0.1, -0.05) is 36.4 Å². The molecule has 0 amide bonds. The van der Waals surface area contributed by atoms with Crippen LogP contribution in [0.4, 0.5) is 0 Å². The van der Waals surface area contributed by atoms with Crippen LogP contribution in [0, 0.1) is 0 Å². The summed E-state index contributed by atoms with van der Waals surface area (Å²) in [6.07, 6.45) is 0. The van der Waals surface area contributed by atoms with Crippen LogP contribution >= 0.6 is 23.2 Å². The van der Waals surface area contributed by atoms with E-state index in [1.165, 1.54) is 6.92 Å². The summed E-state index contributed by atoms with van der Waals surface area (Å²) in [4.78, 5) is 10.5. The van der Waals surface area contributed by atoms with Crippen molar-refractivity contribution in [3.05, 3.63) is 34.4 Å². The average molecular weight is 207 g/mol. The van der Waals surface area contributed by atoms with Crippen molar-refractivity contribution in [1.29, 1.82) is 0 Å². The van der Waals surface area contributed by atoms with Gasteiger partial charge in [0, 0.05) is 21.2 Å². The number of rotatable bonds is 3. The molecule has 0 saturated heterocycles. The molecule has 0 atom stereocenters. The maximum atomic E-state index is 10.5. The Hall–Kier alpha value is -0.730. The summed E-state index contributed by atoms with van der Waals surface area (Å²) in [7, 11) is 0. The van der Waals surface area contributed by atoms with E-state index in [-0.39, 0.29) is 21.2 Å². The Balaban J connectivity index is 5.23. The predicted octanol–water partition coefficient (Wildman–Crippen LogP) is 2.89. The summed E-state index contributed by atoms with van der Waals surface area (Å²) in [5.41, 5.74) is 0.223. The molecule has 0 aromatic carbocycles. The maximum Gasteiger partial charge on any atom is 0.331 e. The largest absolute Gasteiger partial charge is 0.478 e. The molecule has 0 unspecified atom stereocenters. The van der Waals surface area contributed by atoms with Gasteiger partial charge in [-0.3, -0.25) is 0 Å². The first-order valence-electron chi connectivity index (χ1n) is 3.01. The zero-order valence-electron chi connectivity index (χ0n) is 6.53. The van der Waals surface area contributed by atoms with Crippen molar-refractivity contribution in [2.45, 2.75) is 6.92 Å². The lowest BCUT2D eigenvalue weighted by Gasteiger charge is -2.04. The smallest absolute Gasteiger partial charge is 0.331 e. The SMILES string of the molecule is C=C(Cl)C(C(=C)Cl)=C(C)C(=O)O. The third-order valence-corrected chi connectivity index (χ3v) is 1.62. The van der Waals surface area contributed by atoms with E-state index >= 15 is 0 Å². The third-order valence-electron chi connectivity index (χ3n) is 1.24. The van der Waals surface area contributed by atoms with Gasteiger partial charge in [0.2, 0.25) is 0 Å². The molecular weight excluding hydrogens is 199 g/mol. The van der Waals surface area contributed by atoms with Crippen molar-refractivity contribution in [2.24, 2.45) is 0 Å². The van der Waals surface area contributed by atoms with Crippen molar-refractivity contribution in [3.63, 3.8) is 0 Å². The van der Waals surface area contributed by atoms with Crippen LogP contribution in [0.15, 0.2) is 34.4 Å². The Labute approximate surface area is 80.8 Å². The van der Waals surface area contributed by atoms with E-state index < -0.39 is 5.97 Å². The lowest BCUT2D eigenvalue weighted by molar-refractivity contribution is -0.132. The predicted molar refractivity (Wildman–Crippen MR) is 50.3 cm³/mol. The van der Waals surface area contributed by atoms with E-state index in [1.807, 2.05) is 0 Å². The number of carboxylic acids is 1. The van der Waals surface area contributed by atoms with Crippen LogP contribution in [0.1, 0.15) is 6.92 Å². The van der Waals surface area contributed by atoms with Gasteiger partial charge in [0.15, 0.2) is 0 Å². The quantitative estimate of drug-likeness (QED) is 0.570. The van der Waals surface area contributed by atoms with E-state index in [1.54, 1.807) is 0 Å². The highest BCUT2D eigenvalue weighted by molar-refractivity contribution is 6.38. The number of aliphatic carboxylic acids is 1. The highest BCUT2D eigenvalue weighted by atomic mass is 35.5. The molecule has 0 heterocycles. The average Bonchev–Trinajstić information content (AvgIpc) is 1.85. The van der Waals surface area contributed by atoms with E-state index in [4.69, 9.17) is 28.3 Å². The van der Waals surface area contributed by atoms with Gasteiger partial charge in [-0.2, -0.15) is 0 Å². The van der Waals surface area contributed by atoms with Crippen LogP contribution < -0.4 is 0 Å². The molecule has 4 heteroatoms. The Kier molecular flexibility index (Phi) is 4.07. The van der Waals surface area contributed by atoms with Gasteiger partial charge in [-0.25, -0.2) is 4.79 Å². The molecule has 0 saturated carbocycles. The van der Waals surface area contributed by atoms with Gasteiger partial charge in [0.25, 0.3) is 0 Å². The molecule has 2 nitrogen and oxygen atoms in total. The Morgan fingerprint density at radius 3 is 1.67 bits per heavy atom. The molecule has 0 radical (unpaired) electrons. The minimum atomic E-state index is -1.09. The third kappa shape index (κ3) is 2.72. The van der Waals surface area contributed by atoms with E-state index in [2.05, 4.69) is 13.2 Å². The fraction of sp³-hybridized carbons (Fsp3) is 0.125. The first-order valence-corrected chi connectivity index (χ1v) is 3.77. The summed E-state index contributed by atoms with van der Waals surface area (Å²) in [5.74, 6) is -1.09. The van der Waals surface area contributed by atoms with Crippen LogP contribution in [0.5, 0.6) is 0 Å². The van der Waals surface area contributed by atoms with Gasteiger partial charge >= 0.3 is 5.97 Å². The molecule has 0 aliphatic heterocycles. The van der Waals surface area contributed by atoms with E-state index in [9.17, 15) is 4.79 Å². The second-order valence-corrected chi connectivity index (χ2v) is 3.03. The van der Waals surface area contributed by atoms with E-state index in [0.717, 1.165) is 0 Å². The number of hydrogen-bond donors (Lipinski definition) is 1. The molecular formula is C8H8Cl2O2. The molecule has 0 aromatic heterocycles. The Bertz CT molecular complexity index is 261. The minimum Gasteiger partial charge on any atom is -0.478 e. The van der Waals surface area contributed by atoms with Crippen molar-refractivity contribution in [3.8, 4) is 0 Å².